The zero-order chi connectivity index (χ0) is 18.8. The molecule has 0 bridgehead atoms. The molecule has 0 spiro atoms. The van der Waals surface area contributed by atoms with E-state index in [0.29, 0.717) is 6.04 Å². The van der Waals surface area contributed by atoms with Crippen LogP contribution in [-0.2, 0) is 13.0 Å². The maximum atomic E-state index is 6.02. The Morgan fingerprint density at radius 3 is 2.70 bits per heavy atom. The monoisotopic (exact) mass is 397 g/mol. The number of rotatable bonds is 5. The van der Waals surface area contributed by atoms with Crippen LogP contribution in [0.25, 0.3) is 0 Å². The van der Waals surface area contributed by atoms with Crippen molar-refractivity contribution in [3.8, 4) is 0 Å². The molecule has 3 heterocycles. The quantitative estimate of drug-likeness (QED) is 0.550. The lowest BCUT2D eigenvalue weighted by atomic mass is 10.0. The molecule has 2 aromatic heterocycles. The molecule has 1 saturated heterocycles. The van der Waals surface area contributed by atoms with Crippen molar-refractivity contribution in [2.45, 2.75) is 45.7 Å². The highest BCUT2D eigenvalue weighted by atomic mass is 35.5. The number of pyridine rings is 1. The summed E-state index contributed by atoms with van der Waals surface area (Å²) < 4.78 is 0. The first-order valence-corrected chi connectivity index (χ1v) is 10.6. The zero-order valence-electron chi connectivity index (χ0n) is 15.8. The van der Waals surface area contributed by atoms with Crippen molar-refractivity contribution in [3.63, 3.8) is 0 Å². The first-order valence-electron chi connectivity index (χ1n) is 9.44. The fraction of sp³-hybridized carbons (Fsp3) is 0.364. The van der Waals surface area contributed by atoms with E-state index in [9.17, 15) is 0 Å². The summed E-state index contributed by atoms with van der Waals surface area (Å²) in [5, 5.41) is 1.92. The molecule has 3 nitrogen and oxygen atoms in total. The van der Waals surface area contributed by atoms with Crippen molar-refractivity contribution in [2.24, 2.45) is 0 Å². The Labute approximate surface area is 170 Å². The summed E-state index contributed by atoms with van der Waals surface area (Å²) in [6, 6.07) is 13.0. The number of halogens is 1. The SMILES string of the molecule is Cc1cc(Cc2ccc(Cl)cc2)cc([C@@H]2CCCN2Cc2cnc(C)s2)n1. The predicted molar refractivity (Wildman–Crippen MR) is 112 cm³/mol. The van der Waals surface area contributed by atoms with Crippen LogP contribution in [-0.4, -0.2) is 21.4 Å². The van der Waals surface area contributed by atoms with Gasteiger partial charge in [-0.25, -0.2) is 4.98 Å². The second-order valence-electron chi connectivity index (χ2n) is 7.32. The summed E-state index contributed by atoms with van der Waals surface area (Å²) in [4.78, 5) is 13.2. The Morgan fingerprint density at radius 2 is 1.96 bits per heavy atom. The highest BCUT2D eigenvalue weighted by Gasteiger charge is 2.28. The van der Waals surface area contributed by atoms with E-state index in [4.69, 9.17) is 16.6 Å². The highest BCUT2D eigenvalue weighted by molar-refractivity contribution is 7.11. The van der Waals surface area contributed by atoms with Crippen LogP contribution in [0, 0.1) is 13.8 Å². The van der Waals surface area contributed by atoms with Crippen LogP contribution in [0.1, 0.15) is 51.3 Å². The molecule has 0 N–H and O–H groups in total. The third-order valence-corrected chi connectivity index (χ3v) is 6.24. The molecule has 1 aromatic carbocycles. The molecule has 27 heavy (non-hydrogen) atoms. The van der Waals surface area contributed by atoms with Gasteiger partial charge in [0.25, 0.3) is 0 Å². The van der Waals surface area contributed by atoms with Gasteiger partial charge in [-0.3, -0.25) is 9.88 Å². The molecule has 1 atom stereocenters. The highest BCUT2D eigenvalue weighted by Crippen LogP contribution is 2.33. The lowest BCUT2D eigenvalue weighted by Gasteiger charge is -2.24. The predicted octanol–water partition coefficient (Wildman–Crippen LogP) is 5.74. The van der Waals surface area contributed by atoms with Gasteiger partial charge in [0.05, 0.1) is 16.7 Å². The van der Waals surface area contributed by atoms with Crippen LogP contribution in [0.5, 0.6) is 0 Å². The lowest BCUT2D eigenvalue weighted by Crippen LogP contribution is -2.23. The van der Waals surface area contributed by atoms with Gasteiger partial charge >= 0.3 is 0 Å². The average Bonchev–Trinajstić information content (AvgIpc) is 3.26. The van der Waals surface area contributed by atoms with Crippen molar-refractivity contribution in [3.05, 3.63) is 80.0 Å². The minimum absolute atomic E-state index is 0.399. The van der Waals surface area contributed by atoms with Gasteiger partial charge in [-0.1, -0.05) is 23.7 Å². The molecule has 4 rings (SSSR count). The van der Waals surface area contributed by atoms with Gasteiger partial charge in [0.2, 0.25) is 0 Å². The van der Waals surface area contributed by atoms with Gasteiger partial charge in [0, 0.05) is 28.3 Å². The van der Waals surface area contributed by atoms with Gasteiger partial charge in [-0.15, -0.1) is 11.3 Å². The molecule has 0 amide bonds. The Balaban J connectivity index is 1.55. The van der Waals surface area contributed by atoms with Crippen LogP contribution < -0.4 is 0 Å². The smallest absolute Gasteiger partial charge is 0.0897 e. The molecule has 0 radical (unpaired) electrons. The summed E-state index contributed by atoms with van der Waals surface area (Å²) in [6.45, 7) is 6.27. The first kappa shape index (κ1) is 18.6. The number of hydrogen-bond acceptors (Lipinski definition) is 4. The van der Waals surface area contributed by atoms with Gasteiger partial charge in [0.1, 0.15) is 0 Å². The third-order valence-electron chi connectivity index (χ3n) is 5.09. The maximum Gasteiger partial charge on any atom is 0.0897 e. The molecular formula is C22H24ClN3S. The minimum Gasteiger partial charge on any atom is -0.290 e. The Hall–Kier alpha value is -1.75. The first-order chi connectivity index (χ1) is 13.1. The molecular weight excluding hydrogens is 374 g/mol. The second kappa shape index (κ2) is 8.09. The zero-order valence-corrected chi connectivity index (χ0v) is 17.4. The van der Waals surface area contributed by atoms with E-state index < -0.39 is 0 Å². The fourth-order valence-corrected chi connectivity index (χ4v) is 4.85. The molecule has 3 aromatic rings. The Bertz CT molecular complexity index is 920. The van der Waals surface area contributed by atoms with Crippen LogP contribution >= 0.6 is 22.9 Å². The minimum atomic E-state index is 0.399. The normalized spacial score (nSPS) is 17.5. The number of aryl methyl sites for hydroxylation is 2. The van der Waals surface area contributed by atoms with Crippen molar-refractivity contribution in [1.82, 2.24) is 14.9 Å². The Kier molecular flexibility index (Phi) is 5.58. The lowest BCUT2D eigenvalue weighted by molar-refractivity contribution is 0.246. The van der Waals surface area contributed by atoms with E-state index in [1.165, 1.54) is 34.5 Å². The van der Waals surface area contributed by atoms with Crippen LogP contribution in [0.3, 0.4) is 0 Å². The number of nitrogens with zero attached hydrogens (tertiary/aromatic N) is 3. The number of likely N-dealkylation sites (tertiary alicyclic amines) is 1. The Morgan fingerprint density at radius 1 is 1.15 bits per heavy atom. The topological polar surface area (TPSA) is 29.0 Å². The van der Waals surface area contributed by atoms with E-state index in [1.54, 1.807) is 11.3 Å². The van der Waals surface area contributed by atoms with E-state index >= 15 is 0 Å². The summed E-state index contributed by atoms with van der Waals surface area (Å²) in [5.74, 6) is 0. The van der Waals surface area contributed by atoms with Crippen molar-refractivity contribution < 1.29 is 0 Å². The van der Waals surface area contributed by atoms with Crippen molar-refractivity contribution >= 4 is 22.9 Å². The second-order valence-corrected chi connectivity index (χ2v) is 9.07. The van der Waals surface area contributed by atoms with Gasteiger partial charge in [-0.2, -0.15) is 0 Å². The van der Waals surface area contributed by atoms with Crippen LogP contribution in [0.4, 0.5) is 0 Å². The number of hydrogen-bond donors (Lipinski definition) is 0. The molecule has 140 valence electrons. The summed E-state index contributed by atoms with van der Waals surface area (Å²) in [5.41, 5.74) is 4.90. The molecule has 5 heteroatoms. The number of thiazole rings is 1. The number of benzene rings is 1. The number of aromatic nitrogens is 2. The van der Waals surface area contributed by atoms with Crippen LogP contribution in [0.2, 0.25) is 5.02 Å². The standard InChI is InChI=1S/C22H24ClN3S/c1-15-10-18(11-17-5-7-19(23)8-6-17)12-21(25-15)22-4-3-9-26(22)14-20-13-24-16(2)27-20/h5-8,10,12-13,22H,3-4,9,11,14H2,1-2H3/t22-/m0/s1. The van der Waals surface area contributed by atoms with E-state index in [1.807, 2.05) is 18.3 Å². The van der Waals surface area contributed by atoms with Gasteiger partial charge < -0.3 is 0 Å². The maximum absolute atomic E-state index is 6.02. The largest absolute Gasteiger partial charge is 0.290 e. The summed E-state index contributed by atoms with van der Waals surface area (Å²) >= 11 is 7.81. The van der Waals surface area contributed by atoms with E-state index in [2.05, 4.69) is 48.0 Å². The fourth-order valence-electron chi connectivity index (χ4n) is 3.91. The average molecular weight is 398 g/mol. The van der Waals surface area contributed by atoms with Crippen molar-refractivity contribution in [1.29, 1.82) is 0 Å². The molecule has 1 fully saturated rings. The van der Waals surface area contributed by atoms with Crippen LogP contribution in [0.15, 0.2) is 42.6 Å². The summed E-state index contributed by atoms with van der Waals surface area (Å²) in [7, 11) is 0. The van der Waals surface area contributed by atoms with Gasteiger partial charge in [-0.05, 0) is 75.0 Å². The van der Waals surface area contributed by atoms with Gasteiger partial charge in [0.15, 0.2) is 0 Å². The summed E-state index contributed by atoms with van der Waals surface area (Å²) in [6.07, 6.45) is 5.33. The third kappa shape index (κ3) is 4.57. The molecule has 1 aliphatic heterocycles. The molecule has 1 aliphatic rings. The molecule has 0 unspecified atom stereocenters. The molecule has 0 saturated carbocycles. The van der Waals surface area contributed by atoms with E-state index in [-0.39, 0.29) is 0 Å². The van der Waals surface area contributed by atoms with Crippen molar-refractivity contribution in [2.75, 3.05) is 6.54 Å². The van der Waals surface area contributed by atoms with E-state index in [0.717, 1.165) is 35.2 Å². The molecule has 0 aliphatic carbocycles.